The Morgan fingerprint density at radius 3 is 2.33 bits per heavy atom. The maximum atomic E-state index is 11.9. The van der Waals surface area contributed by atoms with E-state index in [2.05, 4.69) is 0 Å². The molecule has 0 N–H and O–H groups in total. The summed E-state index contributed by atoms with van der Waals surface area (Å²) >= 11 is 0. The van der Waals surface area contributed by atoms with E-state index in [1.54, 1.807) is 12.1 Å². The van der Waals surface area contributed by atoms with Crippen molar-refractivity contribution in [3.05, 3.63) is 57.6 Å². The second-order valence-corrected chi connectivity index (χ2v) is 4.59. The van der Waals surface area contributed by atoms with Crippen molar-refractivity contribution in [1.29, 1.82) is 0 Å². The molecule has 0 saturated carbocycles. The highest BCUT2D eigenvalue weighted by Gasteiger charge is 2.14. The van der Waals surface area contributed by atoms with E-state index < -0.39 is 0 Å². The lowest BCUT2D eigenvalue weighted by Gasteiger charge is -2.08. The van der Waals surface area contributed by atoms with Gasteiger partial charge in [-0.25, -0.2) is 0 Å². The lowest BCUT2D eigenvalue weighted by molar-refractivity contribution is -0.556. The van der Waals surface area contributed by atoms with Crippen LogP contribution in [0, 0.1) is 24.0 Å². The zero-order chi connectivity index (χ0) is 12.9. The van der Waals surface area contributed by atoms with E-state index in [0.717, 1.165) is 21.9 Å². The maximum Gasteiger partial charge on any atom is 0.300 e. The van der Waals surface area contributed by atoms with Gasteiger partial charge in [0, 0.05) is 11.5 Å². The van der Waals surface area contributed by atoms with Crippen molar-refractivity contribution in [3.63, 3.8) is 0 Å². The van der Waals surface area contributed by atoms with Gasteiger partial charge in [0.05, 0.1) is 10.3 Å². The van der Waals surface area contributed by atoms with Crippen molar-refractivity contribution in [1.82, 2.24) is 4.85 Å². The van der Waals surface area contributed by atoms with E-state index in [1.807, 2.05) is 38.1 Å². The second-order valence-electron chi connectivity index (χ2n) is 4.59. The molecule has 0 unspecified atom stereocenters. The molecule has 0 aliphatic heterocycles. The molecule has 3 rings (SSSR count). The first-order valence-corrected chi connectivity index (χ1v) is 5.74. The van der Waals surface area contributed by atoms with E-state index in [1.165, 1.54) is 0 Å². The normalized spacial score (nSPS) is 11.2. The first-order valence-electron chi connectivity index (χ1n) is 5.74. The minimum absolute atomic E-state index is 0.395. The number of hydrogen-bond donors (Lipinski definition) is 0. The SMILES string of the molecule is Cc1ccc2c(c1)c1cc(C)ccc1[n+](=O)n2[O-]. The average Bonchev–Trinajstić information content (AvgIpc) is 2.36. The Balaban J connectivity index is 2.69. The lowest BCUT2D eigenvalue weighted by Crippen LogP contribution is -2.28. The van der Waals surface area contributed by atoms with Crippen LogP contribution in [0.3, 0.4) is 0 Å². The smallest absolute Gasteiger partial charge is 0.300 e. The van der Waals surface area contributed by atoms with Crippen molar-refractivity contribution in [2.75, 3.05) is 0 Å². The first kappa shape index (κ1) is 10.8. The van der Waals surface area contributed by atoms with Gasteiger partial charge in [-0.1, -0.05) is 23.3 Å². The summed E-state index contributed by atoms with van der Waals surface area (Å²) in [6, 6.07) is 10.9. The second kappa shape index (κ2) is 3.57. The Bertz CT molecular complexity index is 834. The molecule has 2 aromatic carbocycles. The number of rotatable bonds is 0. The Kier molecular flexibility index (Phi) is 2.13. The maximum absolute atomic E-state index is 11.9. The highest BCUT2D eigenvalue weighted by atomic mass is 16.5. The van der Waals surface area contributed by atoms with Crippen LogP contribution in [0.25, 0.3) is 21.8 Å². The predicted octanol–water partition coefficient (Wildman–Crippen LogP) is 2.67. The molecule has 90 valence electrons. The quantitative estimate of drug-likeness (QED) is 0.448. The predicted molar refractivity (Wildman–Crippen MR) is 71.1 cm³/mol. The van der Waals surface area contributed by atoms with Crippen LogP contribution in [0.1, 0.15) is 11.1 Å². The van der Waals surface area contributed by atoms with Crippen LogP contribution in [0.2, 0.25) is 0 Å². The van der Waals surface area contributed by atoms with Gasteiger partial charge in [0.2, 0.25) is 0 Å². The zero-order valence-corrected chi connectivity index (χ0v) is 10.2. The molecule has 0 amide bonds. The van der Waals surface area contributed by atoms with Gasteiger partial charge in [0.25, 0.3) is 5.52 Å². The summed E-state index contributed by atoms with van der Waals surface area (Å²) in [6.07, 6.45) is 0. The monoisotopic (exact) mass is 240 g/mol. The summed E-state index contributed by atoms with van der Waals surface area (Å²) in [4.78, 5) is 12.3. The van der Waals surface area contributed by atoms with Crippen molar-refractivity contribution >= 4 is 21.8 Å². The number of benzene rings is 2. The molecular weight excluding hydrogens is 228 g/mol. The van der Waals surface area contributed by atoms with Gasteiger partial charge >= 0.3 is 0 Å². The lowest BCUT2D eigenvalue weighted by atomic mass is 10.1. The number of aromatic nitrogens is 2. The van der Waals surface area contributed by atoms with Gasteiger partial charge in [-0.2, -0.15) is 0 Å². The Hall–Kier alpha value is -2.36. The fraction of sp³-hybridized carbons (Fsp3) is 0.143. The van der Waals surface area contributed by atoms with Crippen LogP contribution in [0.15, 0.2) is 36.4 Å². The minimum atomic E-state index is 0.395. The first-order chi connectivity index (χ1) is 8.58. The highest BCUT2D eigenvalue weighted by molar-refractivity contribution is 6.03. The van der Waals surface area contributed by atoms with E-state index in [9.17, 15) is 10.1 Å². The molecule has 0 radical (unpaired) electrons. The molecule has 0 fully saturated rings. The highest BCUT2D eigenvalue weighted by Crippen LogP contribution is 2.23. The molecule has 0 saturated heterocycles. The molecular formula is C14H12N2O2. The third-order valence-electron chi connectivity index (χ3n) is 3.17. The van der Waals surface area contributed by atoms with E-state index in [0.29, 0.717) is 20.4 Å². The third kappa shape index (κ3) is 1.39. The fourth-order valence-electron chi connectivity index (χ4n) is 2.26. The van der Waals surface area contributed by atoms with Crippen molar-refractivity contribution in [2.24, 2.45) is 0 Å². The molecule has 0 bridgehead atoms. The summed E-state index contributed by atoms with van der Waals surface area (Å²) in [5.74, 6) is 0. The van der Waals surface area contributed by atoms with Crippen LogP contribution < -0.4 is 4.54 Å². The van der Waals surface area contributed by atoms with Crippen LogP contribution >= 0.6 is 0 Å². The molecule has 3 aromatic rings. The standard InChI is InChI=1S/C14H12N2O2/c1-9-3-5-13-11(7-9)12-8-10(2)4-6-14(12)16(18)15(13)17/h3-8H,1-2H3. The zero-order valence-electron chi connectivity index (χ0n) is 10.2. The van der Waals surface area contributed by atoms with E-state index >= 15 is 0 Å². The van der Waals surface area contributed by atoms with Crippen molar-refractivity contribution in [3.8, 4) is 0 Å². The van der Waals surface area contributed by atoms with Gasteiger partial charge < -0.3 is 5.21 Å². The van der Waals surface area contributed by atoms with E-state index in [4.69, 9.17) is 0 Å². The minimum Gasteiger partial charge on any atom is -0.755 e. The Morgan fingerprint density at radius 1 is 1.00 bits per heavy atom. The van der Waals surface area contributed by atoms with Gasteiger partial charge in [0.1, 0.15) is 5.52 Å². The van der Waals surface area contributed by atoms with Crippen molar-refractivity contribution in [2.45, 2.75) is 13.8 Å². The van der Waals surface area contributed by atoms with Crippen molar-refractivity contribution < 1.29 is 4.54 Å². The largest absolute Gasteiger partial charge is 0.755 e. The Labute approximate surface area is 103 Å². The van der Waals surface area contributed by atoms with Gasteiger partial charge in [0.15, 0.2) is 4.54 Å². The molecule has 0 spiro atoms. The summed E-state index contributed by atoms with van der Waals surface area (Å²) < 4.78 is 0.395. The van der Waals surface area contributed by atoms with E-state index in [-0.39, 0.29) is 0 Å². The summed E-state index contributed by atoms with van der Waals surface area (Å²) in [7, 11) is 0. The molecule has 0 atom stereocenters. The number of hydrogen-bond acceptors (Lipinski definition) is 2. The summed E-state index contributed by atoms with van der Waals surface area (Å²) in [5.41, 5.74) is 2.92. The van der Waals surface area contributed by atoms with Gasteiger partial charge in [-0.05, 0) is 32.0 Å². The molecule has 1 aromatic heterocycles. The summed E-state index contributed by atoms with van der Waals surface area (Å²) in [5, 5.41) is 13.5. The molecule has 1 heterocycles. The molecule has 18 heavy (non-hydrogen) atoms. The molecule has 4 nitrogen and oxygen atoms in total. The van der Waals surface area contributed by atoms with Gasteiger partial charge in [-0.15, -0.1) is 4.85 Å². The van der Waals surface area contributed by atoms with Crippen LogP contribution in [0.4, 0.5) is 0 Å². The average molecular weight is 240 g/mol. The molecule has 4 heteroatoms. The summed E-state index contributed by atoms with van der Waals surface area (Å²) in [6.45, 7) is 3.93. The van der Waals surface area contributed by atoms with Crippen LogP contribution in [-0.4, -0.2) is 4.85 Å². The Morgan fingerprint density at radius 2 is 1.61 bits per heavy atom. The van der Waals surface area contributed by atoms with Crippen LogP contribution in [-0.2, 0) is 0 Å². The molecule has 0 aliphatic rings. The number of aryl methyl sites for hydroxylation is 2. The molecule has 0 aliphatic carbocycles. The fourth-order valence-corrected chi connectivity index (χ4v) is 2.26. The topological polar surface area (TPSA) is 51.0 Å². The van der Waals surface area contributed by atoms with Crippen LogP contribution in [0.5, 0.6) is 0 Å². The third-order valence-corrected chi connectivity index (χ3v) is 3.17. The number of fused-ring (bicyclic) bond motifs is 3. The van der Waals surface area contributed by atoms with Gasteiger partial charge in [-0.3, -0.25) is 0 Å². The number of nitrogens with zero attached hydrogens (tertiary/aromatic N) is 2.